The highest BCUT2D eigenvalue weighted by atomic mass is 16.5. The number of hydrogen-bond donors (Lipinski definition) is 0. The van der Waals surface area contributed by atoms with E-state index in [2.05, 4.69) is 15.1 Å². The molecule has 1 unspecified atom stereocenters. The molecule has 0 saturated carbocycles. The van der Waals surface area contributed by atoms with Gasteiger partial charge in [-0.1, -0.05) is 5.16 Å². The lowest BCUT2D eigenvalue weighted by Crippen LogP contribution is -2.31. The zero-order valence-electron chi connectivity index (χ0n) is 14.7. The molecular weight excluding hydrogens is 330 g/mol. The second-order valence-electron chi connectivity index (χ2n) is 6.43. The average Bonchev–Trinajstić information content (AvgIpc) is 3.29. The second-order valence-corrected chi connectivity index (χ2v) is 6.43. The summed E-state index contributed by atoms with van der Waals surface area (Å²) in [6.45, 7) is 4.45. The third-order valence-electron chi connectivity index (χ3n) is 4.71. The lowest BCUT2D eigenvalue weighted by molar-refractivity contribution is 0.0732. The van der Waals surface area contributed by atoms with Crippen LogP contribution in [0.25, 0.3) is 11.3 Å². The summed E-state index contributed by atoms with van der Waals surface area (Å²) >= 11 is 0. The smallest absolute Gasteiger partial charge is 0.255 e. The number of pyridine rings is 1. The van der Waals surface area contributed by atoms with E-state index in [4.69, 9.17) is 9.51 Å². The molecule has 3 aromatic rings. The van der Waals surface area contributed by atoms with Gasteiger partial charge in [0, 0.05) is 18.9 Å². The number of hydrogen-bond acceptors (Lipinski definition) is 6. The van der Waals surface area contributed by atoms with Crippen LogP contribution in [0.1, 0.15) is 46.4 Å². The van der Waals surface area contributed by atoms with Crippen molar-refractivity contribution in [2.24, 2.45) is 0 Å². The first-order valence-corrected chi connectivity index (χ1v) is 8.61. The summed E-state index contributed by atoms with van der Waals surface area (Å²) in [4.78, 5) is 27.9. The number of carbonyl (C=O) groups is 1. The van der Waals surface area contributed by atoms with Crippen LogP contribution in [0.3, 0.4) is 0 Å². The molecule has 1 saturated heterocycles. The average molecular weight is 349 g/mol. The molecule has 0 spiro atoms. The van der Waals surface area contributed by atoms with E-state index < -0.39 is 0 Å². The molecule has 4 heterocycles. The van der Waals surface area contributed by atoms with Gasteiger partial charge < -0.3 is 9.42 Å². The molecule has 4 rings (SSSR count). The molecule has 7 heteroatoms. The van der Waals surface area contributed by atoms with Crippen LogP contribution in [-0.4, -0.2) is 37.5 Å². The lowest BCUT2D eigenvalue weighted by Gasteiger charge is -2.24. The van der Waals surface area contributed by atoms with Gasteiger partial charge in [-0.2, -0.15) is 0 Å². The predicted molar refractivity (Wildman–Crippen MR) is 94.3 cm³/mol. The van der Waals surface area contributed by atoms with Gasteiger partial charge in [0.15, 0.2) is 0 Å². The fraction of sp³-hybridized carbons (Fsp3) is 0.316. The molecule has 0 N–H and O–H groups in total. The molecule has 1 fully saturated rings. The summed E-state index contributed by atoms with van der Waals surface area (Å²) in [5.41, 5.74) is 3.75. The van der Waals surface area contributed by atoms with Gasteiger partial charge >= 0.3 is 0 Å². The summed E-state index contributed by atoms with van der Waals surface area (Å²) in [7, 11) is 0. The Morgan fingerprint density at radius 3 is 2.85 bits per heavy atom. The molecule has 0 aromatic carbocycles. The van der Waals surface area contributed by atoms with E-state index in [-0.39, 0.29) is 11.9 Å². The first-order valence-electron chi connectivity index (χ1n) is 8.61. The Morgan fingerprint density at radius 1 is 1.23 bits per heavy atom. The van der Waals surface area contributed by atoms with Crippen LogP contribution in [0.15, 0.2) is 41.4 Å². The Morgan fingerprint density at radius 2 is 2.12 bits per heavy atom. The molecule has 0 aliphatic carbocycles. The van der Waals surface area contributed by atoms with E-state index in [0.717, 1.165) is 35.5 Å². The minimum Gasteiger partial charge on any atom is -0.361 e. The minimum absolute atomic E-state index is 0.0230. The molecular formula is C19H19N5O2. The maximum absolute atomic E-state index is 12.9. The highest BCUT2D eigenvalue weighted by Gasteiger charge is 2.32. The fourth-order valence-electron chi connectivity index (χ4n) is 3.48. The van der Waals surface area contributed by atoms with E-state index in [1.807, 2.05) is 18.7 Å². The van der Waals surface area contributed by atoms with Crippen molar-refractivity contribution in [2.75, 3.05) is 6.54 Å². The van der Waals surface area contributed by atoms with Gasteiger partial charge in [-0.15, -0.1) is 0 Å². The SMILES string of the molecule is Cc1noc(C)c1-c1cncc(C2CCCN2C(=O)c2cccnc2)n1. The van der Waals surface area contributed by atoms with E-state index >= 15 is 0 Å². The molecule has 7 nitrogen and oxygen atoms in total. The number of likely N-dealkylation sites (tertiary alicyclic amines) is 1. The summed E-state index contributed by atoms with van der Waals surface area (Å²) in [5.74, 6) is 0.689. The van der Waals surface area contributed by atoms with Crippen molar-refractivity contribution in [3.05, 3.63) is 59.6 Å². The maximum atomic E-state index is 12.9. The van der Waals surface area contributed by atoms with Crippen molar-refractivity contribution in [2.45, 2.75) is 32.7 Å². The van der Waals surface area contributed by atoms with Crippen LogP contribution in [-0.2, 0) is 0 Å². The summed E-state index contributed by atoms with van der Waals surface area (Å²) < 4.78 is 5.24. The Bertz CT molecular complexity index is 919. The standard InChI is InChI=1S/C19H19N5O2/c1-12-18(13(2)26-23-12)16-11-21-10-15(22-16)17-6-4-8-24(17)19(25)14-5-3-7-20-9-14/h3,5,7,9-11,17H,4,6,8H2,1-2H3. The first kappa shape index (κ1) is 16.4. The number of nitrogens with zero attached hydrogens (tertiary/aromatic N) is 5. The maximum Gasteiger partial charge on any atom is 0.255 e. The van der Waals surface area contributed by atoms with Gasteiger partial charge in [0.05, 0.1) is 46.6 Å². The van der Waals surface area contributed by atoms with Crippen LogP contribution in [0.5, 0.6) is 0 Å². The highest BCUT2D eigenvalue weighted by Crippen LogP contribution is 2.33. The van der Waals surface area contributed by atoms with Crippen molar-refractivity contribution < 1.29 is 9.32 Å². The number of carbonyl (C=O) groups excluding carboxylic acids is 1. The van der Waals surface area contributed by atoms with Gasteiger partial charge in [0.1, 0.15) is 5.76 Å². The van der Waals surface area contributed by atoms with Gasteiger partial charge in [-0.3, -0.25) is 14.8 Å². The lowest BCUT2D eigenvalue weighted by atomic mass is 10.1. The third kappa shape index (κ3) is 2.85. The van der Waals surface area contributed by atoms with Crippen molar-refractivity contribution in [3.63, 3.8) is 0 Å². The second kappa shape index (κ2) is 6.67. The van der Waals surface area contributed by atoms with Crippen molar-refractivity contribution in [3.8, 4) is 11.3 Å². The van der Waals surface area contributed by atoms with Crippen molar-refractivity contribution >= 4 is 5.91 Å². The van der Waals surface area contributed by atoms with Crippen LogP contribution >= 0.6 is 0 Å². The van der Waals surface area contributed by atoms with Gasteiger partial charge in [0.25, 0.3) is 5.91 Å². The zero-order valence-corrected chi connectivity index (χ0v) is 14.7. The zero-order chi connectivity index (χ0) is 18.1. The quantitative estimate of drug-likeness (QED) is 0.722. The Hall–Kier alpha value is -3.09. The first-order chi connectivity index (χ1) is 12.6. The van der Waals surface area contributed by atoms with E-state index in [1.165, 1.54) is 0 Å². The molecule has 0 radical (unpaired) electrons. The molecule has 3 aromatic heterocycles. The van der Waals surface area contributed by atoms with Gasteiger partial charge in [0.2, 0.25) is 0 Å². The van der Waals surface area contributed by atoms with Crippen molar-refractivity contribution in [1.29, 1.82) is 0 Å². The van der Waals surface area contributed by atoms with E-state index in [9.17, 15) is 4.79 Å². The largest absolute Gasteiger partial charge is 0.361 e. The van der Waals surface area contributed by atoms with Crippen LogP contribution in [0.4, 0.5) is 0 Å². The number of aromatic nitrogens is 4. The van der Waals surface area contributed by atoms with Crippen LogP contribution < -0.4 is 0 Å². The van der Waals surface area contributed by atoms with E-state index in [1.54, 1.807) is 36.9 Å². The molecule has 132 valence electrons. The van der Waals surface area contributed by atoms with Gasteiger partial charge in [-0.05, 0) is 38.8 Å². The van der Waals surface area contributed by atoms with Crippen LogP contribution in [0.2, 0.25) is 0 Å². The summed E-state index contributed by atoms with van der Waals surface area (Å²) in [5, 5.41) is 3.99. The Balaban J connectivity index is 1.67. The fourth-order valence-corrected chi connectivity index (χ4v) is 3.48. The van der Waals surface area contributed by atoms with Crippen molar-refractivity contribution in [1.82, 2.24) is 25.0 Å². The molecule has 0 bridgehead atoms. The third-order valence-corrected chi connectivity index (χ3v) is 4.71. The molecule has 26 heavy (non-hydrogen) atoms. The molecule has 1 amide bonds. The van der Waals surface area contributed by atoms with E-state index in [0.29, 0.717) is 17.9 Å². The minimum atomic E-state index is -0.0874. The predicted octanol–water partition coefficient (Wildman–Crippen LogP) is 3.12. The Kier molecular flexibility index (Phi) is 4.20. The molecule has 1 aliphatic rings. The molecule has 1 atom stereocenters. The highest BCUT2D eigenvalue weighted by molar-refractivity contribution is 5.94. The monoisotopic (exact) mass is 349 g/mol. The number of aryl methyl sites for hydroxylation is 2. The number of rotatable bonds is 3. The molecule has 1 aliphatic heterocycles. The number of amides is 1. The van der Waals surface area contributed by atoms with Crippen LogP contribution in [0, 0.1) is 13.8 Å². The normalized spacial score (nSPS) is 16.8. The summed E-state index contributed by atoms with van der Waals surface area (Å²) in [6.07, 6.45) is 8.51. The Labute approximate surface area is 151 Å². The van der Waals surface area contributed by atoms with Gasteiger partial charge in [-0.25, -0.2) is 4.98 Å². The topological polar surface area (TPSA) is 85.0 Å². The summed E-state index contributed by atoms with van der Waals surface area (Å²) in [6, 6.07) is 3.47.